The molecule has 58 valence electrons. The van der Waals surface area contributed by atoms with Gasteiger partial charge in [0.1, 0.15) is 0 Å². The fraction of sp³-hybridized carbons (Fsp3) is 0.875. The molecule has 1 fully saturated rings. The first-order valence-corrected chi connectivity index (χ1v) is 4.27. The summed E-state index contributed by atoms with van der Waals surface area (Å²) in [7, 11) is 0. The van der Waals surface area contributed by atoms with Crippen LogP contribution in [-0.4, -0.2) is 11.7 Å². The maximum atomic E-state index is 5.25. The Kier molecular flexibility index (Phi) is 2.29. The summed E-state index contributed by atoms with van der Waals surface area (Å²) in [6.07, 6.45) is 3.48. The van der Waals surface area contributed by atoms with Crippen molar-refractivity contribution in [2.75, 3.05) is 6.61 Å². The molecule has 2 heteroatoms. The van der Waals surface area contributed by atoms with Crippen LogP contribution in [0.25, 0.3) is 0 Å². The van der Waals surface area contributed by atoms with Crippen molar-refractivity contribution in [2.45, 2.75) is 33.1 Å². The van der Waals surface area contributed by atoms with E-state index in [1.807, 2.05) is 0 Å². The first-order valence-electron chi connectivity index (χ1n) is 3.86. The van der Waals surface area contributed by atoms with Gasteiger partial charge in [0.05, 0.1) is 6.61 Å². The maximum absolute atomic E-state index is 5.25. The van der Waals surface area contributed by atoms with Crippen LogP contribution < -0.4 is 0 Å². The van der Waals surface area contributed by atoms with E-state index >= 15 is 0 Å². The number of rotatable bonds is 2. The van der Waals surface area contributed by atoms with E-state index in [1.165, 1.54) is 12.8 Å². The average Bonchev–Trinajstić information content (AvgIpc) is 2.15. The predicted octanol–water partition coefficient (Wildman–Crippen LogP) is 2.54. The zero-order chi connectivity index (χ0) is 7.61. The molecule has 1 aliphatic heterocycles. The Labute approximate surface area is 67.8 Å². The minimum atomic E-state index is 0.212. The van der Waals surface area contributed by atoms with E-state index in [2.05, 4.69) is 13.8 Å². The molecule has 1 unspecified atom stereocenters. The first-order chi connectivity index (χ1) is 4.69. The van der Waals surface area contributed by atoms with Gasteiger partial charge >= 0.3 is 0 Å². The number of hydrogen-bond donors (Lipinski definition) is 0. The molecular formula is C8H14OS. The zero-order valence-corrected chi connectivity index (χ0v) is 7.46. The summed E-state index contributed by atoms with van der Waals surface area (Å²) in [4.78, 5) is 0. The summed E-state index contributed by atoms with van der Waals surface area (Å²) in [6, 6.07) is 0. The van der Waals surface area contributed by atoms with Crippen molar-refractivity contribution in [3.05, 3.63) is 0 Å². The fourth-order valence-electron chi connectivity index (χ4n) is 1.42. The molecule has 0 saturated carbocycles. The molecule has 0 amide bonds. The fourth-order valence-corrected chi connectivity index (χ4v) is 1.71. The lowest BCUT2D eigenvalue weighted by Gasteiger charge is -2.19. The summed E-state index contributed by atoms with van der Waals surface area (Å²) in [5.41, 5.74) is 0.212. The summed E-state index contributed by atoms with van der Waals surface area (Å²) < 4.78 is 5.25. The standard InChI is InChI=1S/C8H14OS/c1-3-4-8(2)5-6-9-7(8)10/h3-6H2,1-2H3. The molecule has 0 aromatic heterocycles. The SMILES string of the molecule is CCCC1(C)CCOC1=S. The Morgan fingerprint density at radius 2 is 2.40 bits per heavy atom. The summed E-state index contributed by atoms with van der Waals surface area (Å²) >= 11 is 5.10. The second-order valence-electron chi connectivity index (χ2n) is 3.20. The van der Waals surface area contributed by atoms with E-state index in [9.17, 15) is 0 Å². The molecule has 1 atom stereocenters. The predicted molar refractivity (Wildman–Crippen MR) is 46.2 cm³/mol. The van der Waals surface area contributed by atoms with Crippen molar-refractivity contribution < 1.29 is 4.74 Å². The summed E-state index contributed by atoms with van der Waals surface area (Å²) in [6.45, 7) is 5.22. The van der Waals surface area contributed by atoms with Crippen molar-refractivity contribution in [1.29, 1.82) is 0 Å². The van der Waals surface area contributed by atoms with Gasteiger partial charge in [-0.2, -0.15) is 0 Å². The van der Waals surface area contributed by atoms with Gasteiger partial charge in [0.2, 0.25) is 0 Å². The highest BCUT2D eigenvalue weighted by Gasteiger charge is 2.34. The lowest BCUT2D eigenvalue weighted by molar-refractivity contribution is 0.350. The van der Waals surface area contributed by atoms with Gasteiger partial charge in [-0.05, 0) is 25.1 Å². The molecule has 10 heavy (non-hydrogen) atoms. The van der Waals surface area contributed by atoms with Crippen molar-refractivity contribution in [2.24, 2.45) is 5.41 Å². The zero-order valence-electron chi connectivity index (χ0n) is 6.64. The smallest absolute Gasteiger partial charge is 0.165 e. The highest BCUT2D eigenvalue weighted by atomic mass is 32.1. The largest absolute Gasteiger partial charge is 0.486 e. The van der Waals surface area contributed by atoms with Crippen molar-refractivity contribution in [3.63, 3.8) is 0 Å². The average molecular weight is 158 g/mol. The van der Waals surface area contributed by atoms with Crippen molar-refractivity contribution in [1.82, 2.24) is 0 Å². The van der Waals surface area contributed by atoms with E-state index < -0.39 is 0 Å². The minimum Gasteiger partial charge on any atom is -0.486 e. The molecule has 1 heterocycles. The molecule has 0 aliphatic carbocycles. The van der Waals surface area contributed by atoms with Gasteiger partial charge in [-0.1, -0.05) is 20.3 Å². The molecule has 1 aliphatic rings. The third-order valence-electron chi connectivity index (χ3n) is 2.18. The third kappa shape index (κ3) is 1.31. The van der Waals surface area contributed by atoms with Crippen LogP contribution in [0.15, 0.2) is 0 Å². The van der Waals surface area contributed by atoms with E-state index in [4.69, 9.17) is 17.0 Å². The first kappa shape index (κ1) is 7.99. The van der Waals surface area contributed by atoms with Crippen LogP contribution in [0.3, 0.4) is 0 Å². The highest BCUT2D eigenvalue weighted by molar-refractivity contribution is 7.80. The number of hydrogen-bond acceptors (Lipinski definition) is 2. The second kappa shape index (κ2) is 2.87. The van der Waals surface area contributed by atoms with Crippen LogP contribution in [-0.2, 0) is 4.74 Å². The Hall–Kier alpha value is -0.110. The molecule has 0 radical (unpaired) electrons. The van der Waals surface area contributed by atoms with Crippen molar-refractivity contribution >= 4 is 17.3 Å². The van der Waals surface area contributed by atoms with Crippen LogP contribution in [0.2, 0.25) is 0 Å². The second-order valence-corrected chi connectivity index (χ2v) is 3.57. The Bertz CT molecular complexity index is 144. The summed E-state index contributed by atoms with van der Waals surface area (Å²) in [5.74, 6) is 0. The molecule has 0 aromatic rings. The van der Waals surface area contributed by atoms with Crippen molar-refractivity contribution in [3.8, 4) is 0 Å². The monoisotopic (exact) mass is 158 g/mol. The van der Waals surface area contributed by atoms with Gasteiger partial charge in [-0.3, -0.25) is 0 Å². The van der Waals surface area contributed by atoms with Gasteiger partial charge in [-0.15, -0.1) is 0 Å². The maximum Gasteiger partial charge on any atom is 0.165 e. The van der Waals surface area contributed by atoms with Gasteiger partial charge < -0.3 is 4.74 Å². The lowest BCUT2D eigenvalue weighted by atomic mass is 9.85. The topological polar surface area (TPSA) is 9.23 Å². The van der Waals surface area contributed by atoms with Crippen LogP contribution in [0, 0.1) is 5.41 Å². The molecule has 0 spiro atoms. The highest BCUT2D eigenvalue weighted by Crippen LogP contribution is 2.34. The lowest BCUT2D eigenvalue weighted by Crippen LogP contribution is -2.19. The Morgan fingerprint density at radius 3 is 2.80 bits per heavy atom. The number of thiocarbonyl (C=S) groups is 1. The van der Waals surface area contributed by atoms with Crippen LogP contribution in [0.4, 0.5) is 0 Å². The van der Waals surface area contributed by atoms with Gasteiger partial charge in [0.15, 0.2) is 5.05 Å². The van der Waals surface area contributed by atoms with E-state index in [1.54, 1.807) is 0 Å². The van der Waals surface area contributed by atoms with E-state index in [0.29, 0.717) is 0 Å². The van der Waals surface area contributed by atoms with Crippen LogP contribution in [0.1, 0.15) is 33.1 Å². The van der Waals surface area contributed by atoms with E-state index in [0.717, 1.165) is 18.1 Å². The van der Waals surface area contributed by atoms with Crippen LogP contribution >= 0.6 is 12.2 Å². The summed E-state index contributed by atoms with van der Waals surface area (Å²) in [5, 5.41) is 0.828. The molecule has 1 saturated heterocycles. The number of ether oxygens (including phenoxy) is 1. The molecule has 0 bridgehead atoms. The molecule has 1 rings (SSSR count). The molecular weight excluding hydrogens is 144 g/mol. The van der Waals surface area contributed by atoms with Crippen LogP contribution in [0.5, 0.6) is 0 Å². The minimum absolute atomic E-state index is 0.212. The molecule has 0 N–H and O–H groups in total. The normalized spacial score (nSPS) is 32.4. The Balaban J connectivity index is 2.57. The third-order valence-corrected chi connectivity index (χ3v) is 2.79. The van der Waals surface area contributed by atoms with E-state index in [-0.39, 0.29) is 5.41 Å². The molecule has 1 nitrogen and oxygen atoms in total. The Morgan fingerprint density at radius 1 is 1.70 bits per heavy atom. The quantitative estimate of drug-likeness (QED) is 0.571. The van der Waals surface area contributed by atoms with Gasteiger partial charge in [-0.25, -0.2) is 0 Å². The van der Waals surface area contributed by atoms with Gasteiger partial charge in [0.25, 0.3) is 0 Å². The molecule has 0 aromatic carbocycles. The van der Waals surface area contributed by atoms with Gasteiger partial charge in [0, 0.05) is 5.41 Å².